The Kier molecular flexibility index (Phi) is 4.34. The van der Waals surface area contributed by atoms with Crippen LogP contribution in [0.25, 0.3) is 0 Å². The fraction of sp³-hybridized carbons (Fsp3) is 0.667. The minimum Gasteiger partial charge on any atom is -0.378 e. The highest BCUT2D eigenvalue weighted by Gasteiger charge is 2.22. The van der Waals surface area contributed by atoms with Crippen LogP contribution in [0.15, 0.2) is 12.3 Å². The van der Waals surface area contributed by atoms with Crippen LogP contribution in [0.3, 0.4) is 0 Å². The van der Waals surface area contributed by atoms with Gasteiger partial charge in [0, 0.05) is 32.4 Å². The average Bonchev–Trinajstić information content (AvgIpc) is 2.55. The number of carbonyl (C=O) groups is 1. The van der Waals surface area contributed by atoms with Crippen LogP contribution in [0, 0.1) is 5.92 Å². The summed E-state index contributed by atoms with van der Waals surface area (Å²) in [7, 11) is 0. The lowest BCUT2D eigenvalue weighted by atomic mass is 10.0. The van der Waals surface area contributed by atoms with Crippen molar-refractivity contribution in [1.29, 1.82) is 0 Å². The SMILES string of the molecule is CC1CCCN(c2nccc(C(=O)N3CCOCC3)n2)C1. The second kappa shape index (κ2) is 6.39. The number of morpholine rings is 1. The predicted molar refractivity (Wildman–Crippen MR) is 79.4 cm³/mol. The molecule has 6 heteroatoms. The third-order valence-corrected chi connectivity index (χ3v) is 4.10. The number of ether oxygens (including phenoxy) is 1. The Morgan fingerprint density at radius 3 is 2.90 bits per heavy atom. The van der Waals surface area contributed by atoms with E-state index in [4.69, 9.17) is 4.74 Å². The summed E-state index contributed by atoms with van der Waals surface area (Å²) in [5.41, 5.74) is 0.486. The van der Waals surface area contributed by atoms with Crippen molar-refractivity contribution in [2.75, 3.05) is 44.3 Å². The highest BCUT2D eigenvalue weighted by atomic mass is 16.5. The summed E-state index contributed by atoms with van der Waals surface area (Å²) in [5.74, 6) is 1.31. The fourth-order valence-electron chi connectivity index (χ4n) is 2.92. The van der Waals surface area contributed by atoms with Crippen molar-refractivity contribution < 1.29 is 9.53 Å². The van der Waals surface area contributed by atoms with Gasteiger partial charge in [0.2, 0.25) is 5.95 Å². The van der Waals surface area contributed by atoms with Gasteiger partial charge in [0.1, 0.15) is 5.69 Å². The maximum absolute atomic E-state index is 12.5. The molecule has 0 bridgehead atoms. The van der Waals surface area contributed by atoms with Crippen LogP contribution in [0.4, 0.5) is 5.95 Å². The lowest BCUT2D eigenvalue weighted by Gasteiger charge is -2.31. The second-order valence-electron chi connectivity index (χ2n) is 5.84. The van der Waals surface area contributed by atoms with E-state index in [-0.39, 0.29) is 5.91 Å². The van der Waals surface area contributed by atoms with Crippen LogP contribution in [0.1, 0.15) is 30.3 Å². The van der Waals surface area contributed by atoms with Gasteiger partial charge < -0.3 is 14.5 Å². The Hall–Kier alpha value is -1.69. The minimum atomic E-state index is -0.0213. The number of piperidine rings is 1. The van der Waals surface area contributed by atoms with Gasteiger partial charge in [0.25, 0.3) is 5.91 Å². The molecule has 0 aliphatic carbocycles. The molecule has 21 heavy (non-hydrogen) atoms. The van der Waals surface area contributed by atoms with Gasteiger partial charge in [-0.3, -0.25) is 4.79 Å². The first-order chi connectivity index (χ1) is 10.2. The Morgan fingerprint density at radius 2 is 2.14 bits per heavy atom. The summed E-state index contributed by atoms with van der Waals surface area (Å²) in [4.78, 5) is 25.3. The first kappa shape index (κ1) is 14.3. The molecule has 3 rings (SSSR count). The highest BCUT2D eigenvalue weighted by Crippen LogP contribution is 2.20. The number of nitrogens with zero attached hydrogens (tertiary/aromatic N) is 4. The molecule has 3 heterocycles. The number of anilines is 1. The quantitative estimate of drug-likeness (QED) is 0.819. The van der Waals surface area contributed by atoms with Crippen LogP contribution in [-0.2, 0) is 4.74 Å². The van der Waals surface area contributed by atoms with Crippen molar-refractivity contribution in [3.63, 3.8) is 0 Å². The van der Waals surface area contributed by atoms with Gasteiger partial charge in [0.15, 0.2) is 0 Å². The Bertz CT molecular complexity index is 502. The number of hydrogen-bond donors (Lipinski definition) is 0. The first-order valence-electron chi connectivity index (χ1n) is 7.69. The molecule has 0 N–H and O–H groups in total. The van der Waals surface area contributed by atoms with Crippen LogP contribution in [0.2, 0.25) is 0 Å². The summed E-state index contributed by atoms with van der Waals surface area (Å²) < 4.78 is 5.28. The van der Waals surface area contributed by atoms with Crippen LogP contribution >= 0.6 is 0 Å². The molecule has 114 valence electrons. The molecule has 0 aromatic carbocycles. The lowest BCUT2D eigenvalue weighted by Crippen LogP contribution is -2.41. The molecule has 6 nitrogen and oxygen atoms in total. The molecule has 2 aliphatic rings. The lowest BCUT2D eigenvalue weighted by molar-refractivity contribution is 0.0299. The van der Waals surface area contributed by atoms with E-state index in [9.17, 15) is 4.79 Å². The maximum Gasteiger partial charge on any atom is 0.272 e. The average molecular weight is 290 g/mol. The van der Waals surface area contributed by atoms with E-state index in [1.807, 2.05) is 0 Å². The van der Waals surface area contributed by atoms with Gasteiger partial charge >= 0.3 is 0 Å². The Morgan fingerprint density at radius 1 is 1.33 bits per heavy atom. The molecule has 0 radical (unpaired) electrons. The van der Waals surface area contributed by atoms with Gasteiger partial charge in [-0.1, -0.05) is 6.92 Å². The van der Waals surface area contributed by atoms with E-state index in [0.29, 0.717) is 43.9 Å². The third-order valence-electron chi connectivity index (χ3n) is 4.10. The van der Waals surface area contributed by atoms with E-state index in [2.05, 4.69) is 21.8 Å². The van der Waals surface area contributed by atoms with Gasteiger partial charge in [-0.05, 0) is 24.8 Å². The standard InChI is InChI=1S/C15H22N4O2/c1-12-3-2-6-19(11-12)15-16-5-4-13(17-15)14(20)18-7-9-21-10-8-18/h4-5,12H,2-3,6-11H2,1H3. The van der Waals surface area contributed by atoms with Crippen LogP contribution < -0.4 is 4.90 Å². The number of carbonyl (C=O) groups excluding carboxylic acids is 1. The molecule has 0 saturated carbocycles. The molecule has 1 aromatic heterocycles. The first-order valence-corrected chi connectivity index (χ1v) is 7.69. The summed E-state index contributed by atoms with van der Waals surface area (Å²) in [6, 6.07) is 1.70. The molecule has 1 aromatic rings. The minimum absolute atomic E-state index is 0.0213. The van der Waals surface area contributed by atoms with E-state index in [0.717, 1.165) is 19.5 Å². The molecule has 2 saturated heterocycles. The molecule has 2 fully saturated rings. The normalized spacial score (nSPS) is 23.2. The predicted octanol–water partition coefficient (Wildman–Crippen LogP) is 1.19. The number of hydrogen-bond acceptors (Lipinski definition) is 5. The summed E-state index contributed by atoms with van der Waals surface area (Å²) in [5, 5.41) is 0. The van der Waals surface area contributed by atoms with Crippen LogP contribution in [-0.4, -0.2) is 60.2 Å². The monoisotopic (exact) mass is 290 g/mol. The Labute approximate surface area is 125 Å². The van der Waals surface area contributed by atoms with E-state index >= 15 is 0 Å². The topological polar surface area (TPSA) is 58.6 Å². The molecule has 2 aliphatic heterocycles. The Balaban J connectivity index is 1.74. The van der Waals surface area contributed by atoms with Gasteiger partial charge in [-0.25, -0.2) is 9.97 Å². The zero-order chi connectivity index (χ0) is 14.7. The molecule has 1 atom stereocenters. The van der Waals surface area contributed by atoms with E-state index in [1.54, 1.807) is 17.2 Å². The van der Waals surface area contributed by atoms with Crippen molar-refractivity contribution in [2.45, 2.75) is 19.8 Å². The van der Waals surface area contributed by atoms with Gasteiger partial charge in [0.05, 0.1) is 13.2 Å². The van der Waals surface area contributed by atoms with Crippen molar-refractivity contribution >= 4 is 11.9 Å². The second-order valence-corrected chi connectivity index (χ2v) is 5.84. The molecule has 1 unspecified atom stereocenters. The summed E-state index contributed by atoms with van der Waals surface area (Å²) in [6.07, 6.45) is 4.10. The zero-order valence-corrected chi connectivity index (χ0v) is 12.5. The van der Waals surface area contributed by atoms with Gasteiger partial charge in [-0.15, -0.1) is 0 Å². The molecular formula is C15H22N4O2. The third kappa shape index (κ3) is 3.32. The number of aromatic nitrogens is 2. The molecule has 1 amide bonds. The molecular weight excluding hydrogens is 268 g/mol. The van der Waals surface area contributed by atoms with Crippen molar-refractivity contribution in [3.05, 3.63) is 18.0 Å². The number of rotatable bonds is 2. The van der Waals surface area contributed by atoms with Crippen LogP contribution in [0.5, 0.6) is 0 Å². The fourth-order valence-corrected chi connectivity index (χ4v) is 2.92. The zero-order valence-electron chi connectivity index (χ0n) is 12.5. The maximum atomic E-state index is 12.5. The van der Waals surface area contributed by atoms with E-state index in [1.165, 1.54) is 6.42 Å². The number of amides is 1. The highest BCUT2D eigenvalue weighted by molar-refractivity contribution is 5.92. The molecule has 0 spiro atoms. The van der Waals surface area contributed by atoms with E-state index < -0.39 is 0 Å². The van der Waals surface area contributed by atoms with Crippen molar-refractivity contribution in [2.24, 2.45) is 5.92 Å². The summed E-state index contributed by atoms with van der Waals surface area (Å²) >= 11 is 0. The largest absolute Gasteiger partial charge is 0.378 e. The van der Waals surface area contributed by atoms with Gasteiger partial charge in [-0.2, -0.15) is 0 Å². The smallest absolute Gasteiger partial charge is 0.272 e. The van der Waals surface area contributed by atoms with Crippen molar-refractivity contribution in [3.8, 4) is 0 Å². The van der Waals surface area contributed by atoms with Crippen molar-refractivity contribution in [1.82, 2.24) is 14.9 Å². The summed E-state index contributed by atoms with van der Waals surface area (Å²) in [6.45, 7) is 6.67.